The number of aromatic nitrogens is 1. The molecule has 1 unspecified atom stereocenters. The molecule has 0 spiro atoms. The maximum absolute atomic E-state index is 12.3. The lowest BCUT2D eigenvalue weighted by molar-refractivity contribution is 0.0934. The van der Waals surface area contributed by atoms with E-state index >= 15 is 0 Å². The minimum absolute atomic E-state index is 0. The van der Waals surface area contributed by atoms with Crippen molar-refractivity contribution in [3.63, 3.8) is 0 Å². The van der Waals surface area contributed by atoms with E-state index in [9.17, 15) is 4.79 Å². The van der Waals surface area contributed by atoms with Gasteiger partial charge in [0, 0.05) is 18.2 Å². The predicted octanol–water partition coefficient (Wildman–Crippen LogP) is 2.72. The first kappa shape index (κ1) is 17.7. The van der Waals surface area contributed by atoms with Crippen LogP contribution in [0.5, 0.6) is 5.75 Å². The first-order chi connectivity index (χ1) is 10.8. The molecule has 0 saturated carbocycles. The minimum atomic E-state index is -0.0361. The van der Waals surface area contributed by atoms with Crippen LogP contribution in [0.1, 0.15) is 22.5 Å². The van der Waals surface area contributed by atoms with Gasteiger partial charge in [-0.2, -0.15) is 0 Å². The maximum Gasteiger partial charge on any atom is 0.263 e. The van der Waals surface area contributed by atoms with E-state index in [1.807, 2.05) is 24.3 Å². The number of nitrogens with zero attached hydrogens (tertiary/aromatic N) is 1. The quantitative estimate of drug-likeness (QED) is 0.887. The summed E-state index contributed by atoms with van der Waals surface area (Å²) in [6.07, 6.45) is 3.78. The first-order valence-electron chi connectivity index (χ1n) is 7.38. The molecule has 1 aliphatic heterocycles. The molecule has 7 heteroatoms. The number of thiazole rings is 1. The van der Waals surface area contributed by atoms with Crippen LogP contribution in [0, 0.1) is 0 Å². The second-order valence-electron chi connectivity index (χ2n) is 5.27. The molecule has 3 rings (SSSR count). The Hall–Kier alpha value is -1.63. The van der Waals surface area contributed by atoms with E-state index in [4.69, 9.17) is 4.74 Å². The van der Waals surface area contributed by atoms with Gasteiger partial charge in [-0.3, -0.25) is 4.79 Å². The van der Waals surface area contributed by atoms with Gasteiger partial charge in [0.2, 0.25) is 0 Å². The van der Waals surface area contributed by atoms with Gasteiger partial charge in [0.15, 0.2) is 0 Å². The number of hydrogen-bond donors (Lipinski definition) is 2. The zero-order chi connectivity index (χ0) is 15.4. The second kappa shape index (κ2) is 8.29. The van der Waals surface area contributed by atoms with E-state index in [0.717, 1.165) is 42.3 Å². The summed E-state index contributed by atoms with van der Waals surface area (Å²) in [6.45, 7) is 1.88. The van der Waals surface area contributed by atoms with Gasteiger partial charge >= 0.3 is 0 Å². The monoisotopic (exact) mass is 353 g/mol. The fraction of sp³-hybridized carbons (Fsp3) is 0.375. The number of halogens is 1. The Kier molecular flexibility index (Phi) is 6.38. The third-order valence-corrected chi connectivity index (χ3v) is 4.74. The number of methoxy groups -OCH3 is 1. The molecule has 1 atom stereocenters. The molecular formula is C16H20ClN3O2S. The highest BCUT2D eigenvalue weighted by atomic mass is 35.5. The molecule has 23 heavy (non-hydrogen) atoms. The molecule has 1 aliphatic rings. The highest BCUT2D eigenvalue weighted by Crippen LogP contribution is 2.26. The Morgan fingerprint density at radius 2 is 2.17 bits per heavy atom. The van der Waals surface area contributed by atoms with Gasteiger partial charge in [-0.05, 0) is 43.7 Å². The summed E-state index contributed by atoms with van der Waals surface area (Å²) >= 11 is 1.41. The summed E-state index contributed by atoms with van der Waals surface area (Å²) in [7, 11) is 1.64. The molecule has 1 aromatic heterocycles. The topological polar surface area (TPSA) is 63.2 Å². The average Bonchev–Trinajstić information content (AvgIpc) is 3.06. The lowest BCUT2D eigenvalue weighted by atomic mass is 10.1. The molecule has 2 N–H and O–H groups in total. The van der Waals surface area contributed by atoms with Crippen LogP contribution in [-0.4, -0.2) is 37.1 Å². The fourth-order valence-corrected chi connectivity index (χ4v) is 3.30. The van der Waals surface area contributed by atoms with E-state index in [2.05, 4.69) is 15.6 Å². The van der Waals surface area contributed by atoms with E-state index in [1.165, 1.54) is 11.3 Å². The van der Waals surface area contributed by atoms with Gasteiger partial charge < -0.3 is 15.4 Å². The Labute approximate surface area is 145 Å². The normalized spacial score (nSPS) is 17.2. The SMILES string of the molecule is COc1ccc(-c2ncc(C(=O)NC3CCCNC3)s2)cc1.Cl. The van der Waals surface area contributed by atoms with Crippen LogP contribution in [0.25, 0.3) is 10.6 Å². The number of carbonyl (C=O) groups excluding carboxylic acids is 1. The van der Waals surface area contributed by atoms with E-state index < -0.39 is 0 Å². The minimum Gasteiger partial charge on any atom is -0.497 e. The van der Waals surface area contributed by atoms with E-state index in [0.29, 0.717) is 4.88 Å². The van der Waals surface area contributed by atoms with E-state index in [-0.39, 0.29) is 24.4 Å². The van der Waals surface area contributed by atoms with Gasteiger partial charge in [0.25, 0.3) is 5.91 Å². The number of benzene rings is 1. The molecule has 1 saturated heterocycles. The van der Waals surface area contributed by atoms with Crippen molar-refractivity contribution in [3.05, 3.63) is 35.3 Å². The van der Waals surface area contributed by atoms with Gasteiger partial charge in [-0.25, -0.2) is 4.98 Å². The summed E-state index contributed by atoms with van der Waals surface area (Å²) in [5.74, 6) is 0.772. The summed E-state index contributed by atoms with van der Waals surface area (Å²) < 4.78 is 5.15. The Morgan fingerprint density at radius 1 is 1.39 bits per heavy atom. The van der Waals surface area contributed by atoms with Crippen molar-refractivity contribution in [2.45, 2.75) is 18.9 Å². The van der Waals surface area contributed by atoms with Crippen LogP contribution < -0.4 is 15.4 Å². The first-order valence-corrected chi connectivity index (χ1v) is 8.20. The average molecular weight is 354 g/mol. The van der Waals surface area contributed by atoms with Gasteiger partial charge in [-0.1, -0.05) is 0 Å². The molecule has 0 bridgehead atoms. The molecule has 5 nitrogen and oxygen atoms in total. The molecule has 124 valence electrons. The number of rotatable bonds is 4. The Balaban J connectivity index is 0.00000192. The van der Waals surface area contributed by atoms with Crippen LogP contribution in [-0.2, 0) is 0 Å². The van der Waals surface area contributed by atoms with Crippen molar-refractivity contribution in [1.29, 1.82) is 0 Å². The lowest BCUT2D eigenvalue weighted by Gasteiger charge is -2.23. The molecule has 1 amide bonds. The van der Waals surface area contributed by atoms with Crippen LogP contribution in [0.4, 0.5) is 0 Å². The number of nitrogens with one attached hydrogen (secondary N) is 2. The van der Waals surface area contributed by atoms with Gasteiger partial charge in [-0.15, -0.1) is 23.7 Å². The van der Waals surface area contributed by atoms with Crippen molar-refractivity contribution in [2.24, 2.45) is 0 Å². The van der Waals surface area contributed by atoms with Crippen molar-refractivity contribution >= 4 is 29.7 Å². The van der Waals surface area contributed by atoms with Crippen LogP contribution >= 0.6 is 23.7 Å². The summed E-state index contributed by atoms with van der Waals surface area (Å²) in [5.41, 5.74) is 0.990. The van der Waals surface area contributed by atoms with Crippen molar-refractivity contribution in [3.8, 4) is 16.3 Å². The highest BCUT2D eigenvalue weighted by Gasteiger charge is 2.18. The Bertz CT molecular complexity index is 639. The molecule has 0 radical (unpaired) electrons. The van der Waals surface area contributed by atoms with Gasteiger partial charge in [0.1, 0.15) is 15.6 Å². The highest BCUT2D eigenvalue weighted by molar-refractivity contribution is 7.16. The van der Waals surface area contributed by atoms with Crippen LogP contribution in [0.2, 0.25) is 0 Å². The summed E-state index contributed by atoms with van der Waals surface area (Å²) in [5, 5.41) is 7.20. The third-order valence-electron chi connectivity index (χ3n) is 3.70. The van der Waals surface area contributed by atoms with Crippen LogP contribution in [0.3, 0.4) is 0 Å². The molecule has 0 aliphatic carbocycles. The van der Waals surface area contributed by atoms with Gasteiger partial charge in [0.05, 0.1) is 13.3 Å². The summed E-state index contributed by atoms with van der Waals surface area (Å²) in [4.78, 5) is 17.3. The Morgan fingerprint density at radius 3 is 2.83 bits per heavy atom. The number of ether oxygens (including phenoxy) is 1. The largest absolute Gasteiger partial charge is 0.497 e. The van der Waals surface area contributed by atoms with Crippen molar-refractivity contribution in [1.82, 2.24) is 15.6 Å². The zero-order valence-electron chi connectivity index (χ0n) is 12.9. The van der Waals surface area contributed by atoms with Crippen molar-refractivity contribution < 1.29 is 9.53 Å². The predicted molar refractivity (Wildman–Crippen MR) is 94.7 cm³/mol. The number of piperidine rings is 1. The molecule has 2 aromatic rings. The molecule has 1 fully saturated rings. The zero-order valence-corrected chi connectivity index (χ0v) is 14.5. The maximum atomic E-state index is 12.3. The lowest BCUT2D eigenvalue weighted by Crippen LogP contribution is -2.45. The van der Waals surface area contributed by atoms with Crippen molar-refractivity contribution in [2.75, 3.05) is 20.2 Å². The molecule has 2 heterocycles. The summed E-state index contributed by atoms with van der Waals surface area (Å²) in [6, 6.07) is 7.90. The second-order valence-corrected chi connectivity index (χ2v) is 6.31. The number of amides is 1. The molecule has 1 aromatic carbocycles. The van der Waals surface area contributed by atoms with E-state index in [1.54, 1.807) is 13.3 Å². The smallest absolute Gasteiger partial charge is 0.263 e. The van der Waals surface area contributed by atoms with Crippen LogP contribution in [0.15, 0.2) is 30.5 Å². The number of carbonyl (C=O) groups is 1. The fourth-order valence-electron chi connectivity index (χ4n) is 2.48. The number of hydrogen-bond acceptors (Lipinski definition) is 5. The standard InChI is InChI=1S/C16H19N3O2S.ClH/c1-21-13-6-4-11(5-7-13)16-18-10-14(22-16)15(20)19-12-3-2-8-17-9-12;/h4-7,10,12,17H,2-3,8-9H2,1H3,(H,19,20);1H. The molecular weight excluding hydrogens is 334 g/mol. The third kappa shape index (κ3) is 4.43.